The van der Waals surface area contributed by atoms with Gasteiger partial charge in [0.15, 0.2) is 0 Å². The number of aromatic hydroxyl groups is 1. The second-order valence-electron chi connectivity index (χ2n) is 12.7. The van der Waals surface area contributed by atoms with Gasteiger partial charge < -0.3 is 15.1 Å². The van der Waals surface area contributed by atoms with Gasteiger partial charge in [-0.1, -0.05) is 55.1 Å². The smallest absolute Gasteiger partial charge is 0.222 e. The molecule has 0 aromatic heterocycles. The van der Waals surface area contributed by atoms with Crippen LogP contribution in [0.15, 0.2) is 18.2 Å². The number of alkyl halides is 1. The minimum Gasteiger partial charge on any atom is -0.508 e. The molecule has 0 aliphatic heterocycles. The third kappa shape index (κ3) is 6.57. The number of carbonyl (C=O) groups excluding carboxylic acids is 1. The summed E-state index contributed by atoms with van der Waals surface area (Å²) in [6.45, 7) is 5.41. The molecule has 0 heterocycles. The zero-order valence-corrected chi connectivity index (χ0v) is 25.0. The number of rotatable bonds is 12. The third-order valence-corrected chi connectivity index (χ3v) is 11.3. The van der Waals surface area contributed by atoms with E-state index in [9.17, 15) is 15.0 Å². The topological polar surface area (TPSA) is 60.8 Å². The summed E-state index contributed by atoms with van der Waals surface area (Å²) in [5.41, 5.74) is 2.86. The lowest BCUT2D eigenvalue weighted by Crippen LogP contribution is -2.44. The quantitative estimate of drug-likeness (QED) is 0.199. The highest BCUT2D eigenvalue weighted by Crippen LogP contribution is 2.62. The van der Waals surface area contributed by atoms with E-state index in [0.717, 1.165) is 77.2 Å². The van der Waals surface area contributed by atoms with Crippen LogP contribution >= 0.6 is 15.9 Å². The van der Waals surface area contributed by atoms with E-state index in [1.165, 1.54) is 24.0 Å². The van der Waals surface area contributed by atoms with E-state index in [1.54, 1.807) is 0 Å². The number of fused-ring (bicyclic) bond motifs is 5. The highest BCUT2D eigenvalue weighted by molar-refractivity contribution is 9.09. The number of phenolic OH excluding ortho intramolecular Hbond substituents is 1. The van der Waals surface area contributed by atoms with Crippen molar-refractivity contribution in [3.8, 4) is 5.75 Å². The molecule has 1 amide bonds. The molecule has 4 nitrogen and oxygen atoms in total. The predicted octanol–water partition coefficient (Wildman–Crippen LogP) is 7.59. The Labute approximate surface area is 233 Å². The average molecular weight is 577 g/mol. The molecular weight excluding hydrogens is 526 g/mol. The second-order valence-corrected chi connectivity index (χ2v) is 14.0. The molecule has 3 aliphatic carbocycles. The highest BCUT2D eigenvalue weighted by atomic mass is 79.9. The molecule has 37 heavy (non-hydrogen) atoms. The van der Waals surface area contributed by atoms with Crippen LogP contribution in [0.4, 0.5) is 0 Å². The summed E-state index contributed by atoms with van der Waals surface area (Å²) in [6.07, 6.45) is 15.0. The average Bonchev–Trinajstić information content (AvgIpc) is 3.15. The number of phenols is 1. The summed E-state index contributed by atoms with van der Waals surface area (Å²) in [5.74, 6) is 2.95. The number of amides is 1. The normalized spacial score (nSPS) is 31.3. The van der Waals surface area contributed by atoms with E-state index < -0.39 is 0 Å². The van der Waals surface area contributed by atoms with Crippen molar-refractivity contribution in [3.63, 3.8) is 0 Å². The van der Waals surface area contributed by atoms with Crippen LogP contribution in [0.2, 0.25) is 0 Å². The van der Waals surface area contributed by atoms with Gasteiger partial charge in [0, 0.05) is 24.8 Å². The van der Waals surface area contributed by atoms with Gasteiger partial charge in [-0.3, -0.25) is 4.79 Å². The molecule has 1 aromatic carbocycles. The van der Waals surface area contributed by atoms with Gasteiger partial charge in [-0.05, 0) is 117 Å². The number of carbonyl (C=O) groups is 1. The standard InChI is InChI=1S/C32H50BrNO3/c1-4-5-19-34(3)30(36)10-8-6-7-9-24(33)13-11-23-21-29-28-15-12-22-20-25(35)14-16-26(22)27(28)17-18-32(29,2)31(23)37/h14,16,20,23-24,27-29,31,35,37H,4-13,15,17-19,21H2,1-3H3/t23-,24?,27-,28-,29+,31+,32+/m1/s1. The Hall–Kier alpha value is -1.07. The molecule has 5 heteroatoms. The molecule has 1 unspecified atom stereocenters. The number of hydrogen-bond acceptors (Lipinski definition) is 3. The van der Waals surface area contributed by atoms with Crippen molar-refractivity contribution in [1.29, 1.82) is 0 Å². The number of unbranched alkanes of at least 4 members (excludes halogenated alkanes) is 3. The zero-order valence-electron chi connectivity index (χ0n) is 23.4. The summed E-state index contributed by atoms with van der Waals surface area (Å²) >= 11 is 3.93. The zero-order chi connectivity index (χ0) is 26.6. The molecule has 7 atom stereocenters. The number of nitrogens with zero attached hydrogens (tertiary/aromatic N) is 1. The fourth-order valence-electron chi connectivity index (χ4n) is 8.07. The number of aliphatic hydroxyl groups is 1. The Morgan fingerprint density at radius 3 is 2.78 bits per heavy atom. The summed E-state index contributed by atoms with van der Waals surface area (Å²) in [7, 11) is 1.93. The first kappa shape index (κ1) is 28.9. The van der Waals surface area contributed by atoms with E-state index in [4.69, 9.17) is 0 Å². The number of aliphatic hydroxyl groups excluding tert-OH is 1. The first-order valence-electron chi connectivity index (χ1n) is 15.1. The van der Waals surface area contributed by atoms with Gasteiger partial charge in [0.05, 0.1) is 6.10 Å². The van der Waals surface area contributed by atoms with Crippen LogP contribution in [0.25, 0.3) is 0 Å². The van der Waals surface area contributed by atoms with E-state index in [0.29, 0.717) is 40.7 Å². The van der Waals surface area contributed by atoms with Crippen molar-refractivity contribution in [2.45, 2.75) is 121 Å². The molecular formula is C32H50BrNO3. The Bertz CT molecular complexity index is 906. The molecule has 2 N–H and O–H groups in total. The first-order valence-corrected chi connectivity index (χ1v) is 16.0. The fourth-order valence-corrected chi connectivity index (χ4v) is 8.65. The molecule has 4 rings (SSSR count). The Morgan fingerprint density at radius 1 is 1.19 bits per heavy atom. The molecule has 208 valence electrons. The van der Waals surface area contributed by atoms with Gasteiger partial charge in [0.2, 0.25) is 5.91 Å². The van der Waals surface area contributed by atoms with E-state index in [-0.39, 0.29) is 17.4 Å². The van der Waals surface area contributed by atoms with Gasteiger partial charge in [0.1, 0.15) is 5.75 Å². The van der Waals surface area contributed by atoms with Crippen molar-refractivity contribution in [1.82, 2.24) is 4.90 Å². The lowest BCUT2D eigenvalue weighted by molar-refractivity contribution is -0.130. The van der Waals surface area contributed by atoms with Crippen LogP contribution in [0.3, 0.4) is 0 Å². The second kappa shape index (κ2) is 12.9. The maximum absolute atomic E-state index is 12.2. The highest BCUT2D eigenvalue weighted by Gasteiger charge is 2.57. The Morgan fingerprint density at radius 2 is 2.00 bits per heavy atom. The van der Waals surface area contributed by atoms with Gasteiger partial charge in [-0.15, -0.1) is 0 Å². The first-order chi connectivity index (χ1) is 17.7. The molecule has 2 fully saturated rings. The maximum Gasteiger partial charge on any atom is 0.222 e. The molecule has 0 saturated heterocycles. The summed E-state index contributed by atoms with van der Waals surface area (Å²) < 4.78 is 0. The minimum atomic E-state index is -0.185. The third-order valence-electron chi connectivity index (χ3n) is 10.4. The molecule has 3 aliphatic rings. The van der Waals surface area contributed by atoms with Crippen LogP contribution in [0.1, 0.15) is 114 Å². The molecule has 0 spiro atoms. The summed E-state index contributed by atoms with van der Waals surface area (Å²) in [5, 5.41) is 21.4. The van der Waals surface area contributed by atoms with Crippen LogP contribution in [0.5, 0.6) is 5.75 Å². The summed E-state index contributed by atoms with van der Waals surface area (Å²) in [6, 6.07) is 6.01. The molecule has 2 saturated carbocycles. The molecule has 0 radical (unpaired) electrons. The van der Waals surface area contributed by atoms with E-state index >= 15 is 0 Å². The lowest BCUT2D eigenvalue weighted by Gasteiger charge is -2.50. The number of aryl methyl sites for hydroxylation is 1. The number of halogens is 1. The monoisotopic (exact) mass is 575 g/mol. The summed E-state index contributed by atoms with van der Waals surface area (Å²) in [4.78, 5) is 14.6. The minimum absolute atomic E-state index is 0.0545. The van der Waals surface area contributed by atoms with Gasteiger partial charge in [-0.25, -0.2) is 0 Å². The van der Waals surface area contributed by atoms with Crippen LogP contribution in [-0.4, -0.2) is 45.5 Å². The van der Waals surface area contributed by atoms with Crippen LogP contribution in [0, 0.1) is 23.2 Å². The largest absolute Gasteiger partial charge is 0.508 e. The van der Waals surface area contributed by atoms with Gasteiger partial charge >= 0.3 is 0 Å². The maximum atomic E-state index is 12.2. The number of benzene rings is 1. The lowest BCUT2D eigenvalue weighted by atomic mass is 9.55. The van der Waals surface area contributed by atoms with Crippen molar-refractivity contribution in [2.75, 3.05) is 13.6 Å². The molecule has 1 aromatic rings. The van der Waals surface area contributed by atoms with Gasteiger partial charge in [0.25, 0.3) is 0 Å². The number of hydrogen-bond donors (Lipinski definition) is 2. The van der Waals surface area contributed by atoms with E-state index in [1.807, 2.05) is 24.1 Å². The van der Waals surface area contributed by atoms with E-state index in [2.05, 4.69) is 35.8 Å². The SMILES string of the molecule is CCCCN(C)C(=O)CCCCCC(Br)CC[C@@H]1C[C@H]2[C@@H]3CCc4cc(O)ccc4[C@H]3CC[C@]2(C)[C@H]1O. The van der Waals surface area contributed by atoms with Crippen molar-refractivity contribution in [2.24, 2.45) is 23.2 Å². The Kier molecular flexibility index (Phi) is 10.0. The Balaban J connectivity index is 1.21. The fraction of sp³-hybridized carbons (Fsp3) is 0.781. The van der Waals surface area contributed by atoms with Crippen molar-refractivity contribution >= 4 is 21.8 Å². The van der Waals surface area contributed by atoms with Crippen molar-refractivity contribution < 1.29 is 15.0 Å². The van der Waals surface area contributed by atoms with Crippen LogP contribution < -0.4 is 0 Å². The molecule has 0 bridgehead atoms. The predicted molar refractivity (Wildman–Crippen MR) is 155 cm³/mol. The van der Waals surface area contributed by atoms with Crippen molar-refractivity contribution in [3.05, 3.63) is 29.3 Å². The van der Waals surface area contributed by atoms with Gasteiger partial charge in [-0.2, -0.15) is 0 Å². The van der Waals surface area contributed by atoms with Crippen LogP contribution in [-0.2, 0) is 11.2 Å².